The Morgan fingerprint density at radius 3 is 2.67 bits per heavy atom. The number of hydrogen-bond acceptors (Lipinski definition) is 5. The van der Waals surface area contributed by atoms with Gasteiger partial charge in [0.05, 0.1) is 13.7 Å². The van der Waals surface area contributed by atoms with Crippen molar-refractivity contribution in [2.45, 2.75) is 20.3 Å². The molecular weight excluding hydrogens is 274 g/mol. The minimum absolute atomic E-state index is 0.120. The van der Waals surface area contributed by atoms with Crippen LogP contribution in [-0.4, -0.2) is 60.9 Å². The van der Waals surface area contributed by atoms with Crippen molar-refractivity contribution in [3.8, 4) is 0 Å². The van der Waals surface area contributed by atoms with Gasteiger partial charge in [-0.1, -0.05) is 13.8 Å². The number of carbonyl (C=O) groups is 2. The first-order valence-electron chi connectivity index (χ1n) is 6.87. The monoisotopic (exact) mass is 297 g/mol. The normalized spacial score (nSPS) is 10.7. The van der Waals surface area contributed by atoms with Crippen LogP contribution < -0.4 is 0 Å². The molecule has 0 spiro atoms. The lowest BCUT2D eigenvalue weighted by Crippen LogP contribution is -2.38. The highest BCUT2D eigenvalue weighted by Gasteiger charge is 2.21. The third-order valence-electron chi connectivity index (χ3n) is 2.88. The summed E-state index contributed by atoms with van der Waals surface area (Å²) in [7, 11) is 2.83. The molecule has 0 fully saturated rings. The molecule has 0 saturated carbocycles. The van der Waals surface area contributed by atoms with Crippen LogP contribution in [0.1, 0.15) is 30.0 Å². The predicted molar refractivity (Wildman–Crippen MR) is 76.9 cm³/mol. The van der Waals surface area contributed by atoms with E-state index in [-0.39, 0.29) is 12.5 Å². The first-order chi connectivity index (χ1) is 9.97. The summed E-state index contributed by atoms with van der Waals surface area (Å²) in [6.07, 6.45) is 0.815. The minimum Gasteiger partial charge on any atom is -0.468 e. The SMILES string of the molecule is COCCN(CC(=O)OC)C(=O)c1cc(CC(C)C)[nH]n1. The van der Waals surface area contributed by atoms with Crippen molar-refractivity contribution in [3.63, 3.8) is 0 Å². The Hall–Kier alpha value is -1.89. The fraction of sp³-hybridized carbons (Fsp3) is 0.643. The number of aromatic nitrogens is 2. The van der Waals surface area contributed by atoms with Gasteiger partial charge in [-0.15, -0.1) is 0 Å². The molecule has 0 unspecified atom stereocenters. The van der Waals surface area contributed by atoms with E-state index in [4.69, 9.17) is 4.74 Å². The number of ether oxygens (including phenoxy) is 2. The second-order valence-corrected chi connectivity index (χ2v) is 5.17. The molecule has 1 aromatic heterocycles. The third-order valence-corrected chi connectivity index (χ3v) is 2.88. The van der Waals surface area contributed by atoms with E-state index in [0.717, 1.165) is 12.1 Å². The topological polar surface area (TPSA) is 84.5 Å². The molecule has 0 atom stereocenters. The van der Waals surface area contributed by atoms with E-state index in [2.05, 4.69) is 28.8 Å². The molecule has 0 radical (unpaired) electrons. The molecule has 7 nitrogen and oxygen atoms in total. The lowest BCUT2D eigenvalue weighted by atomic mass is 10.1. The fourth-order valence-electron chi connectivity index (χ4n) is 1.85. The van der Waals surface area contributed by atoms with Crippen molar-refractivity contribution in [1.29, 1.82) is 0 Å². The van der Waals surface area contributed by atoms with Gasteiger partial charge in [0.2, 0.25) is 0 Å². The zero-order valence-electron chi connectivity index (χ0n) is 13.0. The maximum absolute atomic E-state index is 12.4. The van der Waals surface area contributed by atoms with Gasteiger partial charge >= 0.3 is 5.97 Å². The van der Waals surface area contributed by atoms with E-state index in [9.17, 15) is 9.59 Å². The van der Waals surface area contributed by atoms with Crippen LogP contribution in [0.3, 0.4) is 0 Å². The maximum Gasteiger partial charge on any atom is 0.325 e. The zero-order valence-corrected chi connectivity index (χ0v) is 13.0. The summed E-state index contributed by atoms with van der Waals surface area (Å²) in [6, 6.07) is 1.72. The minimum atomic E-state index is -0.475. The van der Waals surface area contributed by atoms with Gasteiger partial charge in [0.25, 0.3) is 5.91 Å². The molecule has 0 aliphatic heterocycles. The summed E-state index contributed by atoms with van der Waals surface area (Å²) in [5, 5.41) is 6.87. The summed E-state index contributed by atoms with van der Waals surface area (Å²) in [4.78, 5) is 25.1. The zero-order chi connectivity index (χ0) is 15.8. The molecule has 7 heteroatoms. The van der Waals surface area contributed by atoms with E-state index in [1.165, 1.54) is 19.1 Å². The van der Waals surface area contributed by atoms with Crippen LogP contribution in [0.2, 0.25) is 0 Å². The van der Waals surface area contributed by atoms with E-state index in [1.807, 2.05) is 0 Å². The number of nitrogens with one attached hydrogen (secondary N) is 1. The largest absolute Gasteiger partial charge is 0.468 e. The predicted octanol–water partition coefficient (Wildman–Crippen LogP) is 0.870. The number of nitrogens with zero attached hydrogens (tertiary/aromatic N) is 2. The van der Waals surface area contributed by atoms with Crippen LogP contribution >= 0.6 is 0 Å². The molecule has 0 aromatic carbocycles. The van der Waals surface area contributed by atoms with Crippen molar-refractivity contribution in [1.82, 2.24) is 15.1 Å². The highest BCUT2D eigenvalue weighted by atomic mass is 16.5. The number of H-pyrrole nitrogens is 1. The lowest BCUT2D eigenvalue weighted by Gasteiger charge is -2.19. The van der Waals surface area contributed by atoms with Gasteiger partial charge in [-0.05, 0) is 18.4 Å². The lowest BCUT2D eigenvalue weighted by molar-refractivity contribution is -0.141. The Balaban J connectivity index is 2.78. The van der Waals surface area contributed by atoms with Crippen LogP contribution in [0, 0.1) is 5.92 Å². The molecule has 1 heterocycles. The summed E-state index contributed by atoms with van der Waals surface area (Å²) in [6.45, 7) is 4.70. The standard InChI is InChI=1S/C14H23N3O4/c1-10(2)7-11-8-12(16-15-11)14(19)17(5-6-20-3)9-13(18)21-4/h8,10H,5-7,9H2,1-4H3,(H,15,16). The van der Waals surface area contributed by atoms with Gasteiger partial charge in [-0.3, -0.25) is 14.7 Å². The van der Waals surface area contributed by atoms with E-state index in [0.29, 0.717) is 24.8 Å². The Morgan fingerprint density at radius 2 is 2.10 bits per heavy atom. The molecule has 1 rings (SSSR count). The molecule has 1 N–H and O–H groups in total. The third kappa shape index (κ3) is 5.55. The second kappa shape index (κ2) is 8.41. The molecule has 0 aliphatic carbocycles. The van der Waals surface area contributed by atoms with Crippen LogP contribution in [-0.2, 0) is 20.7 Å². The molecule has 0 saturated heterocycles. The van der Waals surface area contributed by atoms with Gasteiger partial charge in [-0.2, -0.15) is 5.10 Å². The van der Waals surface area contributed by atoms with Crippen molar-refractivity contribution in [2.24, 2.45) is 5.92 Å². The van der Waals surface area contributed by atoms with Gasteiger partial charge < -0.3 is 14.4 Å². The summed E-state index contributed by atoms with van der Waals surface area (Å²) in [5.74, 6) is -0.325. The fourth-order valence-corrected chi connectivity index (χ4v) is 1.85. The Bertz CT molecular complexity index is 471. The number of aromatic amines is 1. The Kier molecular flexibility index (Phi) is 6.87. The van der Waals surface area contributed by atoms with Crippen LogP contribution in [0.15, 0.2) is 6.07 Å². The number of rotatable bonds is 8. The van der Waals surface area contributed by atoms with Gasteiger partial charge in [0.1, 0.15) is 12.2 Å². The number of hydrogen-bond donors (Lipinski definition) is 1. The molecule has 0 bridgehead atoms. The number of methoxy groups -OCH3 is 2. The van der Waals surface area contributed by atoms with Crippen molar-refractivity contribution >= 4 is 11.9 Å². The van der Waals surface area contributed by atoms with Gasteiger partial charge in [0.15, 0.2) is 0 Å². The second-order valence-electron chi connectivity index (χ2n) is 5.17. The van der Waals surface area contributed by atoms with Crippen molar-refractivity contribution in [3.05, 3.63) is 17.5 Å². The maximum atomic E-state index is 12.4. The highest BCUT2D eigenvalue weighted by Crippen LogP contribution is 2.09. The average molecular weight is 297 g/mol. The molecule has 1 amide bonds. The summed E-state index contributed by atoms with van der Waals surface area (Å²) in [5.41, 5.74) is 1.20. The van der Waals surface area contributed by atoms with Crippen LogP contribution in [0.5, 0.6) is 0 Å². The number of carbonyl (C=O) groups excluding carboxylic acids is 2. The van der Waals surface area contributed by atoms with Crippen LogP contribution in [0.4, 0.5) is 0 Å². The average Bonchev–Trinajstić information content (AvgIpc) is 2.89. The highest BCUT2D eigenvalue weighted by molar-refractivity contribution is 5.94. The van der Waals surface area contributed by atoms with Crippen LogP contribution in [0.25, 0.3) is 0 Å². The quantitative estimate of drug-likeness (QED) is 0.720. The molecule has 1 aromatic rings. The first-order valence-corrected chi connectivity index (χ1v) is 6.87. The molecule has 21 heavy (non-hydrogen) atoms. The number of esters is 1. The van der Waals surface area contributed by atoms with Crippen molar-refractivity contribution in [2.75, 3.05) is 33.9 Å². The molecule has 118 valence electrons. The molecule has 0 aliphatic rings. The summed E-state index contributed by atoms with van der Waals surface area (Å²) < 4.78 is 9.56. The smallest absolute Gasteiger partial charge is 0.325 e. The summed E-state index contributed by atoms with van der Waals surface area (Å²) >= 11 is 0. The van der Waals surface area contributed by atoms with E-state index in [1.54, 1.807) is 6.07 Å². The molecular formula is C14H23N3O4. The Morgan fingerprint density at radius 1 is 1.38 bits per heavy atom. The van der Waals surface area contributed by atoms with E-state index >= 15 is 0 Å². The van der Waals surface area contributed by atoms with E-state index < -0.39 is 5.97 Å². The van der Waals surface area contributed by atoms with Crippen molar-refractivity contribution < 1.29 is 19.1 Å². The number of amides is 1. The van der Waals surface area contributed by atoms with Gasteiger partial charge in [-0.25, -0.2) is 0 Å². The van der Waals surface area contributed by atoms with Gasteiger partial charge in [0, 0.05) is 19.3 Å². The first kappa shape index (κ1) is 17.2. The Labute approximate surface area is 124 Å².